The summed E-state index contributed by atoms with van der Waals surface area (Å²) < 4.78 is 0. The maximum absolute atomic E-state index is 11.7. The molecule has 0 heterocycles. The molecule has 0 bridgehead atoms. The summed E-state index contributed by atoms with van der Waals surface area (Å²) in [6.45, 7) is 0. The fourth-order valence-corrected chi connectivity index (χ4v) is 2.15. The first-order chi connectivity index (χ1) is 7.34. The van der Waals surface area contributed by atoms with E-state index in [2.05, 4.69) is 12.1 Å². The molecule has 1 aromatic carbocycles. The number of carbonyl (C=O) groups excluding carboxylic acids is 1. The number of fused-ring (bicyclic) bond motifs is 2. The number of hydrogen-bond donors (Lipinski definition) is 0. The highest BCUT2D eigenvalue weighted by Gasteiger charge is 2.13. The van der Waals surface area contributed by atoms with Gasteiger partial charge >= 0.3 is 0 Å². The van der Waals surface area contributed by atoms with Crippen LogP contribution in [0.2, 0.25) is 0 Å². The van der Waals surface area contributed by atoms with Crippen LogP contribution < -0.4 is 10.4 Å². The van der Waals surface area contributed by atoms with Crippen LogP contribution in [0, 0.1) is 0 Å². The highest BCUT2D eigenvalue weighted by Crippen LogP contribution is 2.22. The third-order valence-electron chi connectivity index (χ3n) is 2.84. The van der Waals surface area contributed by atoms with Gasteiger partial charge in [-0.1, -0.05) is 42.5 Å². The molecule has 0 aromatic heterocycles. The smallest absolute Gasteiger partial charge is 0.160 e. The lowest BCUT2D eigenvalue weighted by Crippen LogP contribution is -2.25. The van der Waals surface area contributed by atoms with Gasteiger partial charge in [-0.25, -0.2) is 0 Å². The molecule has 0 saturated carbocycles. The Labute approximate surface area is 87.7 Å². The highest BCUT2D eigenvalue weighted by atomic mass is 16.1. The first-order valence-corrected chi connectivity index (χ1v) is 5.06. The van der Waals surface area contributed by atoms with Crippen LogP contribution >= 0.6 is 0 Å². The Morgan fingerprint density at radius 2 is 2.00 bits per heavy atom. The summed E-state index contributed by atoms with van der Waals surface area (Å²) in [5.74, 6) is 0.187. The molecule has 0 N–H and O–H groups in total. The lowest BCUT2D eigenvalue weighted by Gasteiger charge is -1.99. The fourth-order valence-electron chi connectivity index (χ4n) is 2.15. The van der Waals surface area contributed by atoms with Crippen LogP contribution in [-0.2, 0) is 4.79 Å². The molecule has 0 fully saturated rings. The molecule has 0 radical (unpaired) electrons. The summed E-state index contributed by atoms with van der Waals surface area (Å²) >= 11 is 0. The SMILES string of the molecule is O=C1C=c2ccccc2=C2C=CC=C2C1. The third kappa shape index (κ3) is 1.28. The molecule has 0 saturated heterocycles. The van der Waals surface area contributed by atoms with Crippen molar-refractivity contribution >= 4 is 17.4 Å². The molecule has 72 valence electrons. The maximum Gasteiger partial charge on any atom is 0.160 e. The van der Waals surface area contributed by atoms with Crippen molar-refractivity contribution in [3.05, 3.63) is 58.5 Å². The van der Waals surface area contributed by atoms with Crippen molar-refractivity contribution in [2.75, 3.05) is 0 Å². The van der Waals surface area contributed by atoms with Crippen molar-refractivity contribution < 1.29 is 4.79 Å². The van der Waals surface area contributed by atoms with Crippen molar-refractivity contribution in [3.63, 3.8) is 0 Å². The van der Waals surface area contributed by atoms with Crippen molar-refractivity contribution in [2.45, 2.75) is 6.42 Å². The summed E-state index contributed by atoms with van der Waals surface area (Å²) in [5, 5.41) is 2.20. The van der Waals surface area contributed by atoms with Crippen molar-refractivity contribution in [2.24, 2.45) is 0 Å². The van der Waals surface area contributed by atoms with Gasteiger partial charge in [0.1, 0.15) is 0 Å². The number of benzene rings is 1. The number of hydrogen-bond acceptors (Lipinski definition) is 1. The largest absolute Gasteiger partial charge is 0.294 e. The molecule has 0 aliphatic heterocycles. The van der Waals surface area contributed by atoms with Gasteiger partial charge in [0.15, 0.2) is 5.78 Å². The summed E-state index contributed by atoms with van der Waals surface area (Å²) in [5.41, 5.74) is 2.34. The average molecular weight is 194 g/mol. The van der Waals surface area contributed by atoms with E-state index in [9.17, 15) is 4.79 Å². The van der Waals surface area contributed by atoms with E-state index in [1.807, 2.05) is 30.4 Å². The minimum absolute atomic E-state index is 0.187. The Hall–Kier alpha value is -1.89. The normalized spacial score (nSPS) is 17.7. The standard InChI is InChI=1S/C14H10O/c15-12-8-10-4-1-2-6-13(10)14-7-3-5-11(14)9-12/h1-8H,9H2. The van der Waals surface area contributed by atoms with Crippen LogP contribution in [0.5, 0.6) is 0 Å². The van der Waals surface area contributed by atoms with E-state index >= 15 is 0 Å². The van der Waals surface area contributed by atoms with Crippen LogP contribution in [0.15, 0.2) is 48.1 Å². The Morgan fingerprint density at radius 3 is 2.93 bits per heavy atom. The summed E-state index contributed by atoms with van der Waals surface area (Å²) in [7, 11) is 0. The molecule has 1 nitrogen and oxygen atoms in total. The minimum Gasteiger partial charge on any atom is -0.294 e. The van der Waals surface area contributed by atoms with Crippen molar-refractivity contribution in [3.8, 4) is 0 Å². The van der Waals surface area contributed by atoms with Crippen LogP contribution in [0.25, 0.3) is 11.6 Å². The van der Waals surface area contributed by atoms with Gasteiger partial charge in [-0.2, -0.15) is 0 Å². The number of allylic oxidation sites excluding steroid dienone is 4. The van der Waals surface area contributed by atoms with Crippen molar-refractivity contribution in [1.82, 2.24) is 0 Å². The average Bonchev–Trinajstić information content (AvgIpc) is 2.62. The summed E-state index contributed by atoms with van der Waals surface area (Å²) in [6.07, 6.45) is 8.40. The first-order valence-electron chi connectivity index (χ1n) is 5.06. The highest BCUT2D eigenvalue weighted by molar-refractivity contribution is 6.09. The molecule has 1 aromatic rings. The molecular formula is C14H10O. The third-order valence-corrected chi connectivity index (χ3v) is 2.84. The number of carbonyl (C=O) groups is 1. The van der Waals surface area contributed by atoms with E-state index in [0.29, 0.717) is 6.42 Å². The zero-order chi connectivity index (χ0) is 10.3. The molecule has 15 heavy (non-hydrogen) atoms. The van der Waals surface area contributed by atoms with E-state index < -0.39 is 0 Å². The molecule has 2 aliphatic carbocycles. The molecular weight excluding hydrogens is 184 g/mol. The Balaban J connectivity index is 2.51. The molecule has 0 atom stereocenters. The van der Waals surface area contributed by atoms with Gasteiger partial charge in [0.25, 0.3) is 0 Å². The second-order valence-electron chi connectivity index (χ2n) is 3.84. The maximum atomic E-state index is 11.7. The predicted octanol–water partition coefficient (Wildman–Crippen LogP) is 1.09. The van der Waals surface area contributed by atoms with Crippen molar-refractivity contribution in [1.29, 1.82) is 0 Å². The van der Waals surface area contributed by atoms with Gasteiger partial charge in [-0.3, -0.25) is 4.79 Å². The molecule has 2 aliphatic rings. The van der Waals surface area contributed by atoms with Gasteiger partial charge in [-0.05, 0) is 27.7 Å². The minimum atomic E-state index is 0.187. The quantitative estimate of drug-likeness (QED) is 0.604. The number of ketones is 1. The topological polar surface area (TPSA) is 17.1 Å². The van der Waals surface area contributed by atoms with Crippen LogP contribution in [-0.4, -0.2) is 5.78 Å². The molecule has 1 heteroatoms. The molecule has 0 spiro atoms. The van der Waals surface area contributed by atoms with Gasteiger partial charge in [0.05, 0.1) is 0 Å². The van der Waals surface area contributed by atoms with Gasteiger partial charge in [0.2, 0.25) is 0 Å². The predicted molar refractivity (Wildman–Crippen MR) is 60.4 cm³/mol. The van der Waals surface area contributed by atoms with Gasteiger partial charge in [0, 0.05) is 6.42 Å². The van der Waals surface area contributed by atoms with Crippen LogP contribution in [0.1, 0.15) is 6.42 Å². The van der Waals surface area contributed by atoms with E-state index in [4.69, 9.17) is 0 Å². The molecule has 3 rings (SSSR count). The Morgan fingerprint density at radius 1 is 1.13 bits per heavy atom. The molecule has 0 amide bonds. The lowest BCUT2D eigenvalue weighted by molar-refractivity contribution is -0.112. The summed E-state index contributed by atoms with van der Waals surface area (Å²) in [6, 6.07) is 8.05. The van der Waals surface area contributed by atoms with E-state index in [1.54, 1.807) is 6.08 Å². The second-order valence-corrected chi connectivity index (χ2v) is 3.84. The fraction of sp³-hybridized carbons (Fsp3) is 0.0714. The Bertz CT molecular complexity index is 615. The Kier molecular flexibility index (Phi) is 1.72. The van der Waals surface area contributed by atoms with E-state index in [1.165, 1.54) is 10.8 Å². The summed E-state index contributed by atoms with van der Waals surface area (Å²) in [4.78, 5) is 11.7. The second kappa shape index (κ2) is 3.06. The van der Waals surface area contributed by atoms with Gasteiger partial charge < -0.3 is 0 Å². The lowest BCUT2D eigenvalue weighted by atomic mass is 10.0. The first kappa shape index (κ1) is 8.42. The zero-order valence-electron chi connectivity index (χ0n) is 8.23. The number of rotatable bonds is 0. The van der Waals surface area contributed by atoms with Crippen LogP contribution in [0.4, 0.5) is 0 Å². The van der Waals surface area contributed by atoms with Crippen LogP contribution in [0.3, 0.4) is 0 Å². The molecule has 0 unspecified atom stereocenters. The van der Waals surface area contributed by atoms with Gasteiger partial charge in [-0.15, -0.1) is 0 Å². The monoisotopic (exact) mass is 194 g/mol. The zero-order valence-corrected chi connectivity index (χ0v) is 8.23. The number of Topliss-reactive ketones (excluding diaryl/α,β-unsaturated/α-hetero) is 1. The van der Waals surface area contributed by atoms with E-state index in [0.717, 1.165) is 10.8 Å². The van der Waals surface area contributed by atoms with E-state index in [-0.39, 0.29) is 5.78 Å².